The Morgan fingerprint density at radius 3 is 2.69 bits per heavy atom. The van der Waals surface area contributed by atoms with Crippen LogP contribution in [0.15, 0.2) is 18.3 Å². The molecule has 1 unspecified atom stereocenters. The second kappa shape index (κ2) is 4.41. The van der Waals surface area contributed by atoms with Crippen molar-refractivity contribution in [2.75, 3.05) is 6.54 Å². The van der Waals surface area contributed by atoms with Crippen LogP contribution in [0.5, 0.6) is 0 Å². The molecule has 2 heterocycles. The van der Waals surface area contributed by atoms with Gasteiger partial charge < -0.3 is 5.32 Å². The topological polar surface area (TPSA) is 24.9 Å². The Labute approximate surface area is 91.9 Å². The molecule has 1 fully saturated rings. The highest BCUT2D eigenvalue weighted by Crippen LogP contribution is 2.27. The predicted molar refractivity (Wildman–Crippen MR) is 54.0 cm³/mol. The van der Waals surface area contributed by atoms with Crippen molar-refractivity contribution in [3.63, 3.8) is 0 Å². The fraction of sp³-hybridized carbons (Fsp3) is 0.545. The zero-order chi connectivity index (χ0) is 11.6. The van der Waals surface area contributed by atoms with Gasteiger partial charge in [-0.3, -0.25) is 4.98 Å². The van der Waals surface area contributed by atoms with Crippen LogP contribution < -0.4 is 5.32 Å². The normalized spacial score (nSPS) is 21.3. The number of alkyl halides is 3. The Morgan fingerprint density at radius 1 is 1.38 bits per heavy atom. The minimum Gasteiger partial charge on any atom is -0.314 e. The molecule has 1 aliphatic heterocycles. The van der Waals surface area contributed by atoms with E-state index in [4.69, 9.17) is 0 Å². The first-order chi connectivity index (χ1) is 7.55. The SMILES string of the molecule is FC(F)(F)c1ccc(CC2CCCN2)cn1. The van der Waals surface area contributed by atoms with Crippen LogP contribution in [-0.4, -0.2) is 17.6 Å². The number of nitrogens with zero attached hydrogens (tertiary/aromatic N) is 1. The first kappa shape index (κ1) is 11.4. The third kappa shape index (κ3) is 2.72. The maximum Gasteiger partial charge on any atom is 0.433 e. The largest absolute Gasteiger partial charge is 0.433 e. The van der Waals surface area contributed by atoms with Crippen molar-refractivity contribution in [2.24, 2.45) is 0 Å². The molecule has 1 N–H and O–H groups in total. The summed E-state index contributed by atoms with van der Waals surface area (Å²) >= 11 is 0. The van der Waals surface area contributed by atoms with Gasteiger partial charge in [-0.15, -0.1) is 0 Å². The van der Waals surface area contributed by atoms with Crippen molar-refractivity contribution in [1.82, 2.24) is 10.3 Å². The Bertz CT molecular complexity index is 339. The monoisotopic (exact) mass is 230 g/mol. The van der Waals surface area contributed by atoms with Crippen molar-refractivity contribution >= 4 is 0 Å². The molecule has 2 rings (SSSR count). The lowest BCUT2D eigenvalue weighted by Crippen LogP contribution is -2.23. The lowest BCUT2D eigenvalue weighted by atomic mass is 10.1. The van der Waals surface area contributed by atoms with Crippen molar-refractivity contribution in [2.45, 2.75) is 31.5 Å². The Kier molecular flexibility index (Phi) is 3.14. The van der Waals surface area contributed by atoms with E-state index in [-0.39, 0.29) is 0 Å². The summed E-state index contributed by atoms with van der Waals surface area (Å²) in [7, 11) is 0. The highest BCUT2D eigenvalue weighted by molar-refractivity contribution is 5.17. The summed E-state index contributed by atoms with van der Waals surface area (Å²) in [5.41, 5.74) is 0.0306. The molecule has 0 amide bonds. The molecule has 0 radical (unpaired) electrons. The molecule has 16 heavy (non-hydrogen) atoms. The number of hydrogen-bond acceptors (Lipinski definition) is 2. The third-order valence-electron chi connectivity index (χ3n) is 2.76. The second-order valence-corrected chi connectivity index (χ2v) is 4.05. The summed E-state index contributed by atoms with van der Waals surface area (Å²) in [6.45, 7) is 0.999. The zero-order valence-corrected chi connectivity index (χ0v) is 8.72. The van der Waals surface area contributed by atoms with Gasteiger partial charge in [0.2, 0.25) is 0 Å². The Hall–Kier alpha value is -1.10. The molecule has 0 spiro atoms. The molecule has 1 atom stereocenters. The van der Waals surface area contributed by atoms with Crippen molar-refractivity contribution in [1.29, 1.82) is 0 Å². The van der Waals surface area contributed by atoms with Crippen molar-refractivity contribution < 1.29 is 13.2 Å². The summed E-state index contributed by atoms with van der Waals surface area (Å²) in [4.78, 5) is 3.44. The molecule has 88 valence electrons. The minimum absolute atomic E-state index is 0.388. The van der Waals surface area contributed by atoms with Gasteiger partial charge in [-0.1, -0.05) is 6.07 Å². The average Bonchev–Trinajstić information content (AvgIpc) is 2.70. The fourth-order valence-electron chi connectivity index (χ4n) is 1.93. The van der Waals surface area contributed by atoms with Crippen LogP contribution in [0.1, 0.15) is 24.1 Å². The van der Waals surface area contributed by atoms with E-state index in [0.717, 1.165) is 37.4 Å². The van der Waals surface area contributed by atoms with Crippen molar-refractivity contribution in [3.05, 3.63) is 29.6 Å². The Morgan fingerprint density at radius 2 is 2.19 bits per heavy atom. The van der Waals surface area contributed by atoms with E-state index in [1.807, 2.05) is 0 Å². The number of rotatable bonds is 2. The Balaban J connectivity index is 2.01. The highest BCUT2D eigenvalue weighted by Gasteiger charge is 2.32. The first-order valence-electron chi connectivity index (χ1n) is 5.31. The zero-order valence-electron chi connectivity index (χ0n) is 8.72. The van der Waals surface area contributed by atoms with Crippen LogP contribution >= 0.6 is 0 Å². The lowest BCUT2D eigenvalue weighted by Gasteiger charge is -2.10. The van der Waals surface area contributed by atoms with Gasteiger partial charge >= 0.3 is 6.18 Å². The van der Waals surface area contributed by atoms with Gasteiger partial charge in [0.25, 0.3) is 0 Å². The van der Waals surface area contributed by atoms with Gasteiger partial charge in [-0.2, -0.15) is 13.2 Å². The number of nitrogens with one attached hydrogen (secondary N) is 1. The number of halogens is 3. The van der Waals surface area contributed by atoms with Crippen LogP contribution in [0, 0.1) is 0 Å². The van der Waals surface area contributed by atoms with E-state index in [2.05, 4.69) is 10.3 Å². The summed E-state index contributed by atoms with van der Waals surface area (Å²) < 4.78 is 36.7. The van der Waals surface area contributed by atoms with Crippen molar-refractivity contribution in [3.8, 4) is 0 Å². The number of hydrogen-bond donors (Lipinski definition) is 1. The van der Waals surface area contributed by atoms with E-state index in [9.17, 15) is 13.2 Å². The van der Waals surface area contributed by atoms with E-state index in [0.29, 0.717) is 6.04 Å². The average molecular weight is 230 g/mol. The maximum atomic E-state index is 12.2. The summed E-state index contributed by atoms with van der Waals surface area (Å²) in [5.74, 6) is 0. The van der Waals surface area contributed by atoms with Gasteiger partial charge in [-0.25, -0.2) is 0 Å². The van der Waals surface area contributed by atoms with Gasteiger partial charge in [0.1, 0.15) is 5.69 Å². The van der Waals surface area contributed by atoms with Crippen LogP contribution in [0.2, 0.25) is 0 Å². The lowest BCUT2D eigenvalue weighted by molar-refractivity contribution is -0.141. The predicted octanol–water partition coefficient (Wildman–Crippen LogP) is 2.39. The standard InChI is InChI=1S/C11H13F3N2/c12-11(13,14)10-4-3-8(7-16-10)6-9-2-1-5-15-9/h3-4,7,9,15H,1-2,5-6H2. The van der Waals surface area contributed by atoms with E-state index in [1.54, 1.807) is 0 Å². The van der Waals surface area contributed by atoms with Crippen LogP contribution in [0.3, 0.4) is 0 Å². The quantitative estimate of drug-likeness (QED) is 0.843. The highest BCUT2D eigenvalue weighted by atomic mass is 19.4. The van der Waals surface area contributed by atoms with Gasteiger partial charge in [0.05, 0.1) is 0 Å². The first-order valence-corrected chi connectivity index (χ1v) is 5.31. The summed E-state index contributed by atoms with van der Waals surface area (Å²) in [5, 5.41) is 3.30. The van der Waals surface area contributed by atoms with Gasteiger partial charge in [-0.05, 0) is 37.4 Å². The number of pyridine rings is 1. The van der Waals surface area contributed by atoms with Crippen LogP contribution in [0.4, 0.5) is 13.2 Å². The molecule has 1 saturated heterocycles. The van der Waals surface area contributed by atoms with Gasteiger partial charge in [0.15, 0.2) is 0 Å². The summed E-state index contributed by atoms with van der Waals surface area (Å²) in [6, 6.07) is 2.94. The molecule has 0 bridgehead atoms. The molecule has 5 heteroatoms. The molecule has 0 aliphatic carbocycles. The van der Waals surface area contributed by atoms with Gasteiger partial charge in [0, 0.05) is 12.2 Å². The van der Waals surface area contributed by atoms with E-state index < -0.39 is 11.9 Å². The molecule has 1 aromatic heterocycles. The molecule has 0 saturated carbocycles. The molecular formula is C11H13F3N2. The molecular weight excluding hydrogens is 217 g/mol. The third-order valence-corrected chi connectivity index (χ3v) is 2.76. The molecule has 1 aliphatic rings. The maximum absolute atomic E-state index is 12.2. The minimum atomic E-state index is -4.34. The van der Waals surface area contributed by atoms with Crippen LogP contribution in [-0.2, 0) is 12.6 Å². The number of aromatic nitrogens is 1. The van der Waals surface area contributed by atoms with Crippen LogP contribution in [0.25, 0.3) is 0 Å². The molecule has 2 nitrogen and oxygen atoms in total. The molecule has 0 aromatic carbocycles. The second-order valence-electron chi connectivity index (χ2n) is 4.05. The smallest absolute Gasteiger partial charge is 0.314 e. The summed E-state index contributed by atoms with van der Waals surface area (Å²) in [6.07, 6.45) is -0.0438. The fourth-order valence-corrected chi connectivity index (χ4v) is 1.93. The van der Waals surface area contributed by atoms with E-state index in [1.165, 1.54) is 12.3 Å². The van der Waals surface area contributed by atoms with E-state index >= 15 is 0 Å². The molecule has 1 aromatic rings.